The zero-order chi connectivity index (χ0) is 22.9. The number of hydrogen-bond donors (Lipinski definition) is 2. The normalized spacial score (nSPS) is 12.0. The van der Waals surface area contributed by atoms with Crippen molar-refractivity contribution in [3.63, 3.8) is 0 Å². The molecule has 0 saturated carbocycles. The highest BCUT2D eigenvalue weighted by Gasteiger charge is 2.30. The molecule has 0 saturated heterocycles. The number of aromatic nitrogens is 4. The highest BCUT2D eigenvalue weighted by molar-refractivity contribution is 6.60. The summed E-state index contributed by atoms with van der Waals surface area (Å²) in [6.07, 6.45) is 3.46. The second kappa shape index (κ2) is 8.61. The van der Waals surface area contributed by atoms with Crippen LogP contribution in [0.1, 0.15) is 67.6 Å². The Bertz CT molecular complexity index is 926. The van der Waals surface area contributed by atoms with Gasteiger partial charge in [-0.1, -0.05) is 0 Å². The van der Waals surface area contributed by atoms with Gasteiger partial charge in [-0.3, -0.25) is 9.36 Å². The Kier molecular flexibility index (Phi) is 6.78. The average Bonchev–Trinajstić information content (AvgIpc) is 3.14. The van der Waals surface area contributed by atoms with Crippen molar-refractivity contribution in [2.24, 2.45) is 7.05 Å². The molecule has 0 radical (unpaired) electrons. The Morgan fingerprint density at radius 1 is 1.03 bits per heavy atom. The molecule has 0 bridgehead atoms. The van der Waals surface area contributed by atoms with Crippen LogP contribution in [0.25, 0.3) is 0 Å². The quantitative estimate of drug-likeness (QED) is 0.492. The summed E-state index contributed by atoms with van der Waals surface area (Å²) in [5.74, 6) is -1.28. The van der Waals surface area contributed by atoms with E-state index in [1.807, 2.05) is 0 Å². The molecule has 2 heterocycles. The topological polar surface area (TPSA) is 129 Å². The van der Waals surface area contributed by atoms with E-state index in [9.17, 15) is 19.6 Å². The fraction of sp³-hybridized carbons (Fsp3) is 0.579. The number of rotatable bonds is 7. The van der Waals surface area contributed by atoms with Crippen molar-refractivity contribution in [2.75, 3.05) is 0 Å². The molecule has 2 aromatic heterocycles. The number of aryl methyl sites for hydroxylation is 3. The summed E-state index contributed by atoms with van der Waals surface area (Å²) >= 11 is 0. The van der Waals surface area contributed by atoms with Crippen LogP contribution in [0.5, 0.6) is 0 Å². The Balaban J connectivity index is 2.10. The summed E-state index contributed by atoms with van der Waals surface area (Å²) in [7, 11) is -0.151. The number of carbonyl (C=O) groups is 2. The first-order valence-corrected chi connectivity index (χ1v) is 9.59. The van der Waals surface area contributed by atoms with E-state index in [1.54, 1.807) is 59.5 Å². The monoisotopic (exact) mass is 420 g/mol. The third kappa shape index (κ3) is 6.17. The second-order valence-electron chi connectivity index (χ2n) is 8.81. The predicted octanol–water partition coefficient (Wildman–Crippen LogP) is 0.586. The molecule has 0 spiro atoms. The minimum atomic E-state index is -1.88. The summed E-state index contributed by atoms with van der Waals surface area (Å²) < 4.78 is 13.8. The molecule has 0 unspecified atom stereocenters. The van der Waals surface area contributed by atoms with Crippen LogP contribution in [0.15, 0.2) is 12.4 Å². The van der Waals surface area contributed by atoms with Gasteiger partial charge in [0.25, 0.3) is 0 Å². The zero-order valence-electron chi connectivity index (χ0n) is 18.5. The van der Waals surface area contributed by atoms with Crippen molar-refractivity contribution < 1.29 is 29.1 Å². The molecule has 11 heteroatoms. The van der Waals surface area contributed by atoms with E-state index in [0.29, 0.717) is 12.0 Å². The van der Waals surface area contributed by atoms with Crippen molar-refractivity contribution in [1.82, 2.24) is 19.6 Å². The molecule has 0 aromatic carbocycles. The van der Waals surface area contributed by atoms with Gasteiger partial charge in [-0.2, -0.15) is 10.2 Å². The van der Waals surface area contributed by atoms with E-state index < -0.39 is 30.3 Å². The highest BCUT2D eigenvalue weighted by Crippen LogP contribution is 2.19. The van der Waals surface area contributed by atoms with Gasteiger partial charge in [-0.15, -0.1) is 0 Å². The van der Waals surface area contributed by atoms with Crippen molar-refractivity contribution in [3.8, 4) is 0 Å². The van der Waals surface area contributed by atoms with Crippen LogP contribution in [-0.4, -0.2) is 59.9 Å². The molecule has 10 nitrogen and oxygen atoms in total. The number of hydrogen-bond acceptors (Lipinski definition) is 8. The maximum absolute atomic E-state index is 12.4. The van der Waals surface area contributed by atoms with Gasteiger partial charge in [0.2, 0.25) is 0 Å². The minimum Gasteiger partial charge on any atom is -0.455 e. The van der Waals surface area contributed by atoms with Crippen molar-refractivity contribution in [1.29, 1.82) is 0 Å². The molecule has 0 aliphatic carbocycles. The lowest BCUT2D eigenvalue weighted by atomic mass is 9.80. The number of ether oxygens (including phenoxy) is 2. The van der Waals surface area contributed by atoms with Crippen LogP contribution in [0.3, 0.4) is 0 Å². The van der Waals surface area contributed by atoms with Crippen LogP contribution >= 0.6 is 0 Å². The minimum absolute atomic E-state index is 0.0526. The van der Waals surface area contributed by atoms with Gasteiger partial charge in [0.15, 0.2) is 11.4 Å². The van der Waals surface area contributed by atoms with Crippen LogP contribution in [0.4, 0.5) is 0 Å². The Morgan fingerprint density at radius 3 is 2.13 bits per heavy atom. The van der Waals surface area contributed by atoms with E-state index in [-0.39, 0.29) is 23.4 Å². The molecule has 2 rings (SSSR count). The second-order valence-corrected chi connectivity index (χ2v) is 8.81. The molecule has 2 aromatic rings. The largest absolute Gasteiger partial charge is 0.492 e. The summed E-state index contributed by atoms with van der Waals surface area (Å²) in [6, 6.07) is 0. The molecular weight excluding hydrogens is 391 g/mol. The van der Waals surface area contributed by atoms with E-state index in [1.165, 1.54) is 10.9 Å². The molecule has 0 aliphatic rings. The highest BCUT2D eigenvalue weighted by atomic mass is 16.6. The predicted molar refractivity (Wildman–Crippen MR) is 109 cm³/mol. The number of esters is 2. The molecule has 164 valence electrons. The first-order valence-electron chi connectivity index (χ1n) is 9.59. The number of nitrogens with zero attached hydrogens (tertiary/aromatic N) is 4. The van der Waals surface area contributed by atoms with Crippen molar-refractivity contribution >= 4 is 24.5 Å². The molecule has 0 fully saturated rings. The molecule has 0 aliphatic heterocycles. The smallest absolute Gasteiger partial charge is 0.455 e. The molecule has 30 heavy (non-hydrogen) atoms. The Labute approximate surface area is 175 Å². The fourth-order valence-corrected chi connectivity index (χ4v) is 2.77. The third-order valence-electron chi connectivity index (χ3n) is 4.18. The molecule has 0 amide bonds. The summed E-state index contributed by atoms with van der Waals surface area (Å²) in [4.78, 5) is 24.8. The average molecular weight is 420 g/mol. The lowest BCUT2D eigenvalue weighted by Gasteiger charge is -2.24. The molecule has 2 N–H and O–H groups in total. The van der Waals surface area contributed by atoms with Crippen LogP contribution in [0.2, 0.25) is 0 Å². The maximum Gasteiger partial charge on any atom is 0.492 e. The van der Waals surface area contributed by atoms with Gasteiger partial charge in [-0.25, -0.2) is 9.59 Å². The van der Waals surface area contributed by atoms with E-state index in [0.717, 1.165) is 0 Å². The molecular formula is C19H29BN4O6. The zero-order valence-corrected chi connectivity index (χ0v) is 18.5. The van der Waals surface area contributed by atoms with Gasteiger partial charge < -0.3 is 19.5 Å². The van der Waals surface area contributed by atoms with E-state index in [4.69, 9.17) is 9.47 Å². The van der Waals surface area contributed by atoms with Gasteiger partial charge in [0, 0.05) is 43.4 Å². The third-order valence-corrected chi connectivity index (χ3v) is 4.18. The van der Waals surface area contributed by atoms with Crippen LogP contribution in [-0.2, 0) is 23.1 Å². The summed E-state index contributed by atoms with van der Waals surface area (Å²) in [5, 5.41) is 27.4. The Hall–Kier alpha value is -2.66. The number of carbonyl (C=O) groups excluding carboxylic acids is 2. The summed E-state index contributed by atoms with van der Waals surface area (Å²) in [6.45, 7) is 10.7. The van der Waals surface area contributed by atoms with Crippen LogP contribution < -0.4 is 5.46 Å². The Morgan fingerprint density at radius 2 is 1.63 bits per heavy atom. The SMILES string of the molecule is Cc1cn(C)nc1C(=O)OC(C)(C)CCn1cc(B(O)O)c(C(=O)OC(C)(C)C)n1. The maximum atomic E-state index is 12.4. The molecule has 0 atom stereocenters. The standard InChI is InChI=1S/C19H29BN4O6/c1-12-10-23(7)21-14(12)16(25)30-19(5,6)8-9-24-11-13(20(27)28)15(22-24)17(26)29-18(2,3)4/h10-11,27-28H,8-9H2,1-7H3. The summed E-state index contributed by atoms with van der Waals surface area (Å²) in [5.41, 5.74) is -0.853. The first kappa shape index (κ1) is 23.6. The lowest BCUT2D eigenvalue weighted by Crippen LogP contribution is -2.35. The van der Waals surface area contributed by atoms with Crippen molar-refractivity contribution in [2.45, 2.75) is 65.7 Å². The lowest BCUT2D eigenvalue weighted by molar-refractivity contribution is -0.00732. The van der Waals surface area contributed by atoms with Gasteiger partial charge >= 0.3 is 19.1 Å². The van der Waals surface area contributed by atoms with E-state index >= 15 is 0 Å². The van der Waals surface area contributed by atoms with Gasteiger partial charge in [-0.05, 0) is 41.5 Å². The van der Waals surface area contributed by atoms with Crippen LogP contribution in [0, 0.1) is 6.92 Å². The first-order chi connectivity index (χ1) is 13.7. The van der Waals surface area contributed by atoms with Gasteiger partial charge in [0.1, 0.15) is 11.2 Å². The van der Waals surface area contributed by atoms with E-state index in [2.05, 4.69) is 10.2 Å². The van der Waals surface area contributed by atoms with Gasteiger partial charge in [0.05, 0.1) is 0 Å². The fourth-order valence-electron chi connectivity index (χ4n) is 2.77. The van der Waals surface area contributed by atoms with Crippen molar-refractivity contribution in [3.05, 3.63) is 29.3 Å².